The number of fused-ring (bicyclic) bond motifs is 1. The summed E-state index contributed by atoms with van der Waals surface area (Å²) in [6.07, 6.45) is 2.51. The molecule has 1 heterocycles. The highest BCUT2D eigenvalue weighted by molar-refractivity contribution is 7.92. The fourth-order valence-corrected chi connectivity index (χ4v) is 5.98. The zero-order valence-electron chi connectivity index (χ0n) is 24.5. The molecule has 3 aromatic rings. The van der Waals surface area contributed by atoms with Crippen LogP contribution in [0, 0.1) is 0 Å². The highest BCUT2D eigenvalue weighted by atomic mass is 35.5. The molecule has 0 saturated carbocycles. The number of rotatable bonds is 14. The van der Waals surface area contributed by atoms with Gasteiger partial charge in [0.25, 0.3) is 0 Å². The highest BCUT2D eigenvalue weighted by Crippen LogP contribution is 2.35. The second-order valence-electron chi connectivity index (χ2n) is 10.4. The van der Waals surface area contributed by atoms with Crippen molar-refractivity contribution in [3.63, 3.8) is 0 Å². The minimum Gasteiger partial charge on any atom is -0.486 e. The molecule has 9 nitrogen and oxygen atoms in total. The lowest BCUT2D eigenvalue weighted by atomic mass is 10.0. The van der Waals surface area contributed by atoms with Crippen molar-refractivity contribution in [1.29, 1.82) is 0 Å². The van der Waals surface area contributed by atoms with Gasteiger partial charge in [0.2, 0.25) is 21.8 Å². The molecule has 2 amide bonds. The van der Waals surface area contributed by atoms with Gasteiger partial charge in [-0.1, -0.05) is 61.0 Å². The predicted octanol–water partition coefficient (Wildman–Crippen LogP) is 4.82. The van der Waals surface area contributed by atoms with Gasteiger partial charge in [0, 0.05) is 43.6 Å². The molecular weight excluding hydrogens is 590 g/mol. The van der Waals surface area contributed by atoms with Gasteiger partial charge in [0.15, 0.2) is 11.5 Å². The number of nitrogens with zero attached hydrogens (tertiary/aromatic N) is 2. The zero-order valence-corrected chi connectivity index (χ0v) is 26.1. The molecule has 43 heavy (non-hydrogen) atoms. The molecule has 0 fully saturated rings. The second kappa shape index (κ2) is 15.1. The Morgan fingerprint density at radius 2 is 1.65 bits per heavy atom. The normalized spacial score (nSPS) is 13.2. The van der Waals surface area contributed by atoms with Gasteiger partial charge in [-0.05, 0) is 48.2 Å². The van der Waals surface area contributed by atoms with Crippen molar-refractivity contribution in [2.24, 2.45) is 0 Å². The van der Waals surface area contributed by atoms with Gasteiger partial charge in [0.1, 0.15) is 19.3 Å². The monoisotopic (exact) mass is 627 g/mol. The summed E-state index contributed by atoms with van der Waals surface area (Å²) >= 11 is 6.10. The number of carbonyl (C=O) groups excluding carboxylic acids is 2. The largest absolute Gasteiger partial charge is 0.486 e. The van der Waals surface area contributed by atoms with Gasteiger partial charge in [-0.3, -0.25) is 13.9 Å². The topological polar surface area (TPSA) is 105 Å². The van der Waals surface area contributed by atoms with Crippen molar-refractivity contribution in [2.75, 3.05) is 36.9 Å². The van der Waals surface area contributed by atoms with E-state index in [9.17, 15) is 18.0 Å². The van der Waals surface area contributed by atoms with Gasteiger partial charge < -0.3 is 19.7 Å². The Hall–Kier alpha value is -3.76. The number of carbonyl (C=O) groups is 2. The first-order valence-corrected chi connectivity index (χ1v) is 16.6. The molecule has 11 heteroatoms. The average molecular weight is 628 g/mol. The molecule has 1 N–H and O–H groups in total. The van der Waals surface area contributed by atoms with Gasteiger partial charge in [-0.15, -0.1) is 0 Å². The van der Waals surface area contributed by atoms with Crippen molar-refractivity contribution < 1.29 is 27.5 Å². The minimum atomic E-state index is -3.66. The first-order chi connectivity index (χ1) is 20.7. The number of ether oxygens (including phenoxy) is 2. The fourth-order valence-electron chi connectivity index (χ4n) is 4.90. The number of halogens is 1. The molecule has 230 valence electrons. The van der Waals surface area contributed by atoms with E-state index in [4.69, 9.17) is 21.1 Å². The lowest BCUT2D eigenvalue weighted by Gasteiger charge is -2.32. The predicted molar refractivity (Wildman–Crippen MR) is 168 cm³/mol. The molecule has 0 aliphatic carbocycles. The van der Waals surface area contributed by atoms with Crippen LogP contribution in [0.1, 0.15) is 37.3 Å². The highest BCUT2D eigenvalue weighted by Gasteiger charge is 2.30. The number of benzene rings is 3. The van der Waals surface area contributed by atoms with Gasteiger partial charge in [0.05, 0.1) is 11.9 Å². The first kappa shape index (κ1) is 32.2. The maximum Gasteiger partial charge on any atom is 0.243 e. The third-order valence-corrected chi connectivity index (χ3v) is 8.50. The molecule has 0 spiro atoms. The summed E-state index contributed by atoms with van der Waals surface area (Å²) in [6, 6.07) is 21.0. The molecule has 0 radical (unpaired) electrons. The lowest BCUT2D eigenvalue weighted by Crippen LogP contribution is -2.50. The van der Waals surface area contributed by atoms with Crippen LogP contribution in [0.2, 0.25) is 5.02 Å². The van der Waals surface area contributed by atoms with Crippen LogP contribution in [0.5, 0.6) is 11.5 Å². The number of hydrogen-bond donors (Lipinski definition) is 1. The van der Waals surface area contributed by atoms with Crippen LogP contribution in [0.4, 0.5) is 5.69 Å². The van der Waals surface area contributed by atoms with Crippen molar-refractivity contribution in [1.82, 2.24) is 10.2 Å². The minimum absolute atomic E-state index is 0.0382. The van der Waals surface area contributed by atoms with Crippen LogP contribution in [-0.4, -0.2) is 63.7 Å². The van der Waals surface area contributed by atoms with E-state index in [-0.39, 0.29) is 37.7 Å². The van der Waals surface area contributed by atoms with E-state index in [1.807, 2.05) is 49.4 Å². The Morgan fingerprint density at radius 1 is 0.953 bits per heavy atom. The zero-order chi connectivity index (χ0) is 30.8. The van der Waals surface area contributed by atoms with E-state index < -0.39 is 16.1 Å². The Labute approximate surface area is 258 Å². The summed E-state index contributed by atoms with van der Waals surface area (Å²) in [4.78, 5) is 29.0. The number of sulfonamides is 1. The molecule has 3 aromatic carbocycles. The van der Waals surface area contributed by atoms with Crippen molar-refractivity contribution in [2.45, 2.75) is 45.2 Å². The molecule has 1 unspecified atom stereocenters. The average Bonchev–Trinajstić information content (AvgIpc) is 3.00. The fraction of sp³-hybridized carbons (Fsp3) is 0.375. The van der Waals surface area contributed by atoms with E-state index in [0.29, 0.717) is 48.4 Å². The van der Waals surface area contributed by atoms with Crippen LogP contribution in [0.25, 0.3) is 0 Å². The van der Waals surface area contributed by atoms with Gasteiger partial charge in [-0.25, -0.2) is 8.42 Å². The van der Waals surface area contributed by atoms with Crippen molar-refractivity contribution in [3.8, 4) is 11.5 Å². The second-order valence-corrected chi connectivity index (χ2v) is 12.8. The van der Waals surface area contributed by atoms with Crippen LogP contribution in [0.15, 0.2) is 72.8 Å². The molecule has 1 atom stereocenters. The molecule has 1 aliphatic heterocycles. The summed E-state index contributed by atoms with van der Waals surface area (Å²) < 4.78 is 38.0. The Morgan fingerprint density at radius 3 is 2.33 bits per heavy atom. The van der Waals surface area contributed by atoms with Crippen molar-refractivity contribution in [3.05, 3.63) is 88.9 Å². The quantitative estimate of drug-likeness (QED) is 0.275. The Bertz CT molecular complexity index is 1480. The molecule has 0 bridgehead atoms. The first-order valence-electron chi connectivity index (χ1n) is 14.4. The summed E-state index contributed by atoms with van der Waals surface area (Å²) in [6.45, 7) is 3.54. The number of amides is 2. The van der Waals surface area contributed by atoms with Gasteiger partial charge in [-0.2, -0.15) is 0 Å². The SMILES string of the molecule is CCCNC(=O)C(Cc1ccccc1)N(Cc1ccc(Cl)cc1)C(=O)CCCN(c1ccc2c(c1)OCCO2)S(C)(=O)=O. The summed E-state index contributed by atoms with van der Waals surface area (Å²) in [7, 11) is -3.66. The van der Waals surface area contributed by atoms with Crippen LogP contribution in [0.3, 0.4) is 0 Å². The van der Waals surface area contributed by atoms with Crippen LogP contribution in [-0.2, 0) is 32.6 Å². The van der Waals surface area contributed by atoms with Crippen molar-refractivity contribution >= 4 is 39.1 Å². The summed E-state index contributed by atoms with van der Waals surface area (Å²) in [5.41, 5.74) is 2.18. The maximum atomic E-state index is 13.9. The molecule has 1 aliphatic rings. The Kier molecular flexibility index (Phi) is 11.3. The summed E-state index contributed by atoms with van der Waals surface area (Å²) in [5.74, 6) is 0.548. The van der Waals surface area contributed by atoms with E-state index in [1.165, 1.54) is 4.31 Å². The number of hydrogen-bond acceptors (Lipinski definition) is 6. The number of nitrogens with one attached hydrogen (secondary N) is 1. The molecule has 0 aromatic heterocycles. The van der Waals surface area contributed by atoms with Crippen LogP contribution < -0.4 is 19.1 Å². The van der Waals surface area contributed by atoms with Gasteiger partial charge >= 0.3 is 0 Å². The third kappa shape index (κ3) is 9.11. The van der Waals surface area contributed by atoms with Crippen LogP contribution >= 0.6 is 11.6 Å². The molecule has 4 rings (SSSR count). The lowest BCUT2D eigenvalue weighted by molar-refractivity contribution is -0.141. The molecular formula is C32H38ClN3O6S. The molecule has 0 saturated heterocycles. The van der Waals surface area contributed by atoms with E-state index >= 15 is 0 Å². The van der Waals surface area contributed by atoms with E-state index in [1.54, 1.807) is 35.2 Å². The smallest absolute Gasteiger partial charge is 0.243 e. The Balaban J connectivity index is 1.56. The van der Waals surface area contributed by atoms with E-state index in [0.717, 1.165) is 23.8 Å². The van der Waals surface area contributed by atoms with E-state index in [2.05, 4.69) is 5.32 Å². The number of anilines is 1. The third-order valence-electron chi connectivity index (χ3n) is 7.05. The standard InChI is InChI=1S/C32H38ClN3O6S/c1-3-17-34-32(38)28(21-24-8-5-4-6-9-24)35(23-25-11-13-26(33)14-12-25)31(37)10-7-18-36(43(2,39)40)27-15-16-29-30(22-27)42-20-19-41-29/h4-6,8-9,11-16,22,28H,3,7,10,17-21,23H2,1-2H3,(H,34,38). The maximum absolute atomic E-state index is 13.9. The summed E-state index contributed by atoms with van der Waals surface area (Å²) in [5, 5.41) is 3.53.